The summed E-state index contributed by atoms with van der Waals surface area (Å²) in [5, 5.41) is 0.757. The standard InChI is InChI=1S/C20H18F3N3O/c21-20(22,23)16-6-3-9-24-19(16)13-7-8-14-11-25-18(26-17(14)10-13)12-27-15-4-1-2-5-15/h3,6-11,15H,1-2,4-5,12H2. The Hall–Kier alpha value is -2.54. The van der Waals surface area contributed by atoms with Crippen LogP contribution in [0, 0.1) is 0 Å². The molecule has 4 nitrogen and oxygen atoms in total. The monoisotopic (exact) mass is 373 g/mol. The van der Waals surface area contributed by atoms with E-state index in [2.05, 4.69) is 15.0 Å². The number of benzene rings is 1. The first kappa shape index (κ1) is 17.9. The molecule has 0 spiro atoms. The first-order valence-electron chi connectivity index (χ1n) is 8.90. The van der Waals surface area contributed by atoms with Crippen molar-refractivity contribution in [2.45, 2.75) is 44.6 Å². The van der Waals surface area contributed by atoms with Gasteiger partial charge in [-0.1, -0.05) is 25.0 Å². The van der Waals surface area contributed by atoms with Crippen LogP contribution in [0.1, 0.15) is 37.1 Å². The molecule has 0 radical (unpaired) electrons. The van der Waals surface area contributed by atoms with Crippen molar-refractivity contribution in [1.29, 1.82) is 0 Å². The van der Waals surface area contributed by atoms with Gasteiger partial charge in [-0.25, -0.2) is 9.97 Å². The van der Waals surface area contributed by atoms with E-state index in [9.17, 15) is 13.2 Å². The minimum Gasteiger partial charge on any atom is -0.370 e. The van der Waals surface area contributed by atoms with Crippen LogP contribution in [-0.2, 0) is 17.5 Å². The van der Waals surface area contributed by atoms with Crippen LogP contribution in [0.5, 0.6) is 0 Å². The van der Waals surface area contributed by atoms with Gasteiger partial charge >= 0.3 is 6.18 Å². The van der Waals surface area contributed by atoms with Crippen LogP contribution in [0.3, 0.4) is 0 Å². The SMILES string of the molecule is FC(F)(F)c1cccnc1-c1ccc2cnc(COC3CCCC3)nc2c1. The Balaban J connectivity index is 1.65. The van der Waals surface area contributed by atoms with E-state index in [1.165, 1.54) is 25.1 Å². The average molecular weight is 373 g/mol. The molecule has 1 aromatic carbocycles. The van der Waals surface area contributed by atoms with Crippen LogP contribution in [0.15, 0.2) is 42.7 Å². The van der Waals surface area contributed by atoms with Crippen molar-refractivity contribution in [1.82, 2.24) is 15.0 Å². The van der Waals surface area contributed by atoms with E-state index in [0.717, 1.165) is 24.3 Å². The van der Waals surface area contributed by atoms with Gasteiger partial charge in [-0.15, -0.1) is 0 Å². The van der Waals surface area contributed by atoms with E-state index < -0.39 is 11.7 Å². The topological polar surface area (TPSA) is 47.9 Å². The van der Waals surface area contributed by atoms with Crippen LogP contribution in [0.4, 0.5) is 13.2 Å². The summed E-state index contributed by atoms with van der Waals surface area (Å²) in [4.78, 5) is 12.7. The van der Waals surface area contributed by atoms with Gasteiger partial charge in [0.2, 0.25) is 0 Å². The predicted molar refractivity (Wildman–Crippen MR) is 94.8 cm³/mol. The summed E-state index contributed by atoms with van der Waals surface area (Å²) >= 11 is 0. The summed E-state index contributed by atoms with van der Waals surface area (Å²) in [5.41, 5.74) is 0.0838. The van der Waals surface area contributed by atoms with E-state index >= 15 is 0 Å². The molecule has 0 N–H and O–H groups in total. The highest BCUT2D eigenvalue weighted by atomic mass is 19.4. The zero-order chi connectivity index (χ0) is 18.9. The number of rotatable bonds is 4. The van der Waals surface area contributed by atoms with Crippen molar-refractivity contribution < 1.29 is 17.9 Å². The second-order valence-corrected chi connectivity index (χ2v) is 6.67. The minimum absolute atomic E-state index is 0.103. The van der Waals surface area contributed by atoms with Gasteiger partial charge < -0.3 is 4.74 Å². The first-order chi connectivity index (χ1) is 13.0. The van der Waals surface area contributed by atoms with Crippen molar-refractivity contribution in [3.8, 4) is 11.3 Å². The summed E-state index contributed by atoms with van der Waals surface area (Å²) in [6.07, 6.45) is 3.27. The molecule has 0 atom stereocenters. The lowest BCUT2D eigenvalue weighted by molar-refractivity contribution is -0.137. The Morgan fingerprint density at radius 1 is 1.07 bits per heavy atom. The maximum absolute atomic E-state index is 13.3. The van der Waals surface area contributed by atoms with E-state index in [4.69, 9.17) is 4.74 Å². The number of hydrogen-bond acceptors (Lipinski definition) is 4. The maximum Gasteiger partial charge on any atom is 0.418 e. The van der Waals surface area contributed by atoms with E-state index in [1.54, 1.807) is 24.4 Å². The molecular weight excluding hydrogens is 355 g/mol. The Morgan fingerprint density at radius 3 is 2.67 bits per heavy atom. The van der Waals surface area contributed by atoms with Gasteiger partial charge in [0, 0.05) is 23.3 Å². The molecule has 0 saturated heterocycles. The fourth-order valence-electron chi connectivity index (χ4n) is 3.39. The molecule has 0 unspecified atom stereocenters. The summed E-state index contributed by atoms with van der Waals surface area (Å²) in [6, 6.07) is 7.26. The van der Waals surface area contributed by atoms with Gasteiger partial charge in [0.1, 0.15) is 6.61 Å². The van der Waals surface area contributed by atoms with Crippen molar-refractivity contribution in [3.63, 3.8) is 0 Å². The lowest BCUT2D eigenvalue weighted by Crippen LogP contribution is -2.09. The van der Waals surface area contributed by atoms with E-state index in [1.807, 2.05) is 0 Å². The number of aromatic nitrogens is 3. The third-order valence-corrected chi connectivity index (χ3v) is 4.77. The van der Waals surface area contributed by atoms with E-state index in [0.29, 0.717) is 23.5 Å². The number of pyridine rings is 1. The Labute approximate surface area is 154 Å². The Kier molecular flexibility index (Phi) is 4.78. The molecule has 1 saturated carbocycles. The molecule has 0 amide bonds. The van der Waals surface area contributed by atoms with Gasteiger partial charge in [-0.3, -0.25) is 4.98 Å². The zero-order valence-electron chi connectivity index (χ0n) is 14.5. The van der Waals surface area contributed by atoms with Gasteiger partial charge in [-0.2, -0.15) is 13.2 Å². The predicted octanol–water partition coefficient (Wildman–Crippen LogP) is 5.17. The summed E-state index contributed by atoms with van der Waals surface area (Å²) < 4.78 is 45.7. The third kappa shape index (κ3) is 3.93. The second kappa shape index (κ2) is 7.23. The van der Waals surface area contributed by atoms with Gasteiger partial charge in [0.05, 0.1) is 22.9 Å². The van der Waals surface area contributed by atoms with Crippen molar-refractivity contribution in [3.05, 3.63) is 54.1 Å². The average Bonchev–Trinajstić information content (AvgIpc) is 3.19. The summed E-state index contributed by atoms with van der Waals surface area (Å²) in [5.74, 6) is 0.531. The fraction of sp³-hybridized carbons (Fsp3) is 0.350. The molecule has 4 rings (SSSR count). The molecule has 1 aliphatic rings. The van der Waals surface area contributed by atoms with Crippen LogP contribution in [0.2, 0.25) is 0 Å². The highest BCUT2D eigenvalue weighted by Crippen LogP contribution is 2.36. The molecule has 1 aliphatic carbocycles. The molecule has 2 aromatic heterocycles. The smallest absolute Gasteiger partial charge is 0.370 e. The van der Waals surface area contributed by atoms with Crippen molar-refractivity contribution in [2.75, 3.05) is 0 Å². The highest BCUT2D eigenvalue weighted by molar-refractivity contribution is 5.83. The number of ether oxygens (including phenoxy) is 1. The van der Waals surface area contributed by atoms with Crippen LogP contribution in [-0.4, -0.2) is 21.1 Å². The number of nitrogens with zero attached hydrogens (tertiary/aromatic N) is 3. The van der Waals surface area contributed by atoms with E-state index in [-0.39, 0.29) is 11.8 Å². The highest BCUT2D eigenvalue weighted by Gasteiger charge is 2.34. The molecule has 140 valence electrons. The molecule has 27 heavy (non-hydrogen) atoms. The molecule has 7 heteroatoms. The maximum atomic E-state index is 13.3. The van der Waals surface area contributed by atoms with Crippen molar-refractivity contribution in [2.24, 2.45) is 0 Å². The van der Waals surface area contributed by atoms with Crippen LogP contribution in [0.25, 0.3) is 22.2 Å². The lowest BCUT2D eigenvalue weighted by atomic mass is 10.0. The molecule has 3 aromatic rings. The number of halogens is 3. The normalized spacial score (nSPS) is 15.5. The van der Waals surface area contributed by atoms with Crippen LogP contribution < -0.4 is 0 Å². The molecule has 1 fully saturated rings. The molecular formula is C20H18F3N3O. The van der Waals surface area contributed by atoms with Crippen LogP contribution >= 0.6 is 0 Å². The van der Waals surface area contributed by atoms with Gasteiger partial charge in [0.15, 0.2) is 5.82 Å². The largest absolute Gasteiger partial charge is 0.418 e. The molecule has 2 heterocycles. The first-order valence-corrected chi connectivity index (χ1v) is 8.90. The lowest BCUT2D eigenvalue weighted by Gasteiger charge is -2.12. The summed E-state index contributed by atoms with van der Waals surface area (Å²) in [7, 11) is 0. The number of hydrogen-bond donors (Lipinski definition) is 0. The second-order valence-electron chi connectivity index (χ2n) is 6.67. The van der Waals surface area contributed by atoms with Crippen molar-refractivity contribution >= 4 is 10.9 Å². The Morgan fingerprint density at radius 2 is 1.89 bits per heavy atom. The Bertz CT molecular complexity index is 953. The number of alkyl halides is 3. The quantitative estimate of drug-likeness (QED) is 0.633. The fourth-order valence-corrected chi connectivity index (χ4v) is 3.39. The molecule has 0 bridgehead atoms. The van der Waals surface area contributed by atoms with Gasteiger partial charge in [-0.05, 0) is 31.0 Å². The minimum atomic E-state index is -4.47. The molecule has 0 aliphatic heterocycles. The third-order valence-electron chi connectivity index (χ3n) is 4.77. The van der Waals surface area contributed by atoms with Gasteiger partial charge in [0.25, 0.3) is 0 Å². The summed E-state index contributed by atoms with van der Waals surface area (Å²) in [6.45, 7) is 0.308. The number of fused-ring (bicyclic) bond motifs is 1. The zero-order valence-corrected chi connectivity index (χ0v) is 14.5.